The summed E-state index contributed by atoms with van der Waals surface area (Å²) in [4.78, 5) is 0. The molecular weight excluding hydrogens is 324 g/mol. The maximum absolute atomic E-state index is 11.1. The van der Waals surface area contributed by atoms with Crippen molar-refractivity contribution in [2.45, 2.75) is 83.0 Å². The van der Waals surface area contributed by atoms with Crippen LogP contribution < -0.4 is 0 Å². The highest BCUT2D eigenvalue weighted by molar-refractivity contribution is 5.23. The lowest BCUT2D eigenvalue weighted by Crippen LogP contribution is -2.58. The molecule has 5 rings (SSSR count). The largest absolute Gasteiger partial charge is 0.377 e. The van der Waals surface area contributed by atoms with Gasteiger partial charge in [0.1, 0.15) is 5.60 Å². The Kier molecular flexibility index (Phi) is 3.70. The van der Waals surface area contributed by atoms with E-state index in [1.54, 1.807) is 0 Å². The molecule has 3 heteroatoms. The molecule has 3 nitrogen and oxygen atoms in total. The molecule has 0 aromatic heterocycles. The lowest BCUT2D eigenvalue weighted by molar-refractivity contribution is -0.231. The maximum Gasteiger partial charge on any atom is 0.168 e. The summed E-state index contributed by atoms with van der Waals surface area (Å²) in [5, 5.41) is 11.1. The van der Waals surface area contributed by atoms with E-state index in [2.05, 4.69) is 19.8 Å². The predicted molar refractivity (Wildman–Crippen MR) is 100 cm³/mol. The molecule has 1 spiro atoms. The molecule has 4 saturated carbocycles. The van der Waals surface area contributed by atoms with Gasteiger partial charge < -0.3 is 14.6 Å². The molecule has 144 valence electrons. The van der Waals surface area contributed by atoms with E-state index in [1.165, 1.54) is 25.7 Å². The van der Waals surface area contributed by atoms with Gasteiger partial charge in [0.25, 0.3) is 0 Å². The Morgan fingerprint density at radius 2 is 1.65 bits per heavy atom. The summed E-state index contributed by atoms with van der Waals surface area (Å²) < 4.78 is 12.1. The van der Waals surface area contributed by atoms with Gasteiger partial charge in [0.05, 0.1) is 13.2 Å². The van der Waals surface area contributed by atoms with Crippen molar-refractivity contribution in [1.29, 1.82) is 0 Å². The summed E-state index contributed by atoms with van der Waals surface area (Å²) in [6, 6.07) is 0. The van der Waals surface area contributed by atoms with Crippen LogP contribution in [0.2, 0.25) is 0 Å². The first-order valence-electron chi connectivity index (χ1n) is 10.8. The first-order valence-corrected chi connectivity index (χ1v) is 10.8. The molecule has 5 fully saturated rings. The van der Waals surface area contributed by atoms with Crippen LogP contribution in [0.25, 0.3) is 0 Å². The van der Waals surface area contributed by atoms with E-state index in [4.69, 9.17) is 15.9 Å². The van der Waals surface area contributed by atoms with Gasteiger partial charge in [-0.2, -0.15) is 0 Å². The SMILES string of the molecule is C#C[C@@]1(O)CC[C@@H]2[C@H]3CC[C@@H]4CC5(CC[C@]4(C)[C@H]3CC[C@]21C)OCCO5. The number of fused-ring (bicyclic) bond motifs is 5. The molecule has 1 N–H and O–H groups in total. The van der Waals surface area contributed by atoms with Crippen molar-refractivity contribution in [3.8, 4) is 12.3 Å². The third-order valence-electron chi connectivity index (χ3n) is 9.87. The molecule has 0 amide bonds. The number of hydrogen-bond acceptors (Lipinski definition) is 3. The summed E-state index contributed by atoms with van der Waals surface area (Å²) in [6.45, 7) is 6.37. The Hall–Kier alpha value is -0.560. The molecule has 26 heavy (non-hydrogen) atoms. The molecule has 0 unspecified atom stereocenters. The fraction of sp³-hybridized carbons (Fsp3) is 0.913. The van der Waals surface area contributed by atoms with E-state index in [0.29, 0.717) is 17.3 Å². The fourth-order valence-electron chi connectivity index (χ4n) is 8.21. The average Bonchev–Trinajstić information content (AvgIpc) is 3.19. The third kappa shape index (κ3) is 2.07. The van der Waals surface area contributed by atoms with Crippen molar-refractivity contribution in [3.63, 3.8) is 0 Å². The van der Waals surface area contributed by atoms with Crippen LogP contribution >= 0.6 is 0 Å². The number of ether oxygens (including phenoxy) is 2. The summed E-state index contributed by atoms with van der Waals surface area (Å²) in [6.07, 6.45) is 15.9. The van der Waals surface area contributed by atoms with Gasteiger partial charge in [0.2, 0.25) is 0 Å². The van der Waals surface area contributed by atoms with Crippen molar-refractivity contribution in [2.75, 3.05) is 13.2 Å². The van der Waals surface area contributed by atoms with Gasteiger partial charge in [0.15, 0.2) is 5.79 Å². The Morgan fingerprint density at radius 3 is 2.38 bits per heavy atom. The minimum atomic E-state index is -0.886. The second-order valence-electron chi connectivity index (χ2n) is 10.5. The van der Waals surface area contributed by atoms with Gasteiger partial charge >= 0.3 is 0 Å². The molecule has 0 aromatic carbocycles. The Morgan fingerprint density at radius 1 is 0.923 bits per heavy atom. The van der Waals surface area contributed by atoms with E-state index < -0.39 is 5.60 Å². The first-order chi connectivity index (χ1) is 12.4. The standard InChI is InChI=1S/C23H34O3/c1-4-22(24)10-8-19-17-6-5-16-15-23(25-13-14-26-23)12-11-20(16,2)18(17)7-9-21(19,22)3/h1,16-19,24H,5-15H2,2-3H3/t16-,17+,18+,19-,20+,21-,22-/m1/s1. The number of hydrogen-bond donors (Lipinski definition) is 1. The van der Waals surface area contributed by atoms with Crippen molar-refractivity contribution in [2.24, 2.45) is 34.5 Å². The molecule has 4 aliphatic carbocycles. The molecule has 0 aromatic rings. The molecule has 1 aliphatic heterocycles. The van der Waals surface area contributed by atoms with Crippen molar-refractivity contribution >= 4 is 0 Å². The van der Waals surface area contributed by atoms with Crippen LogP contribution in [0.4, 0.5) is 0 Å². The topological polar surface area (TPSA) is 38.7 Å². The third-order valence-corrected chi connectivity index (χ3v) is 9.87. The van der Waals surface area contributed by atoms with Crippen molar-refractivity contribution < 1.29 is 14.6 Å². The second-order valence-corrected chi connectivity index (χ2v) is 10.5. The molecule has 0 radical (unpaired) electrons. The van der Waals surface area contributed by atoms with Crippen LogP contribution in [-0.2, 0) is 9.47 Å². The van der Waals surface area contributed by atoms with Crippen LogP contribution in [0.15, 0.2) is 0 Å². The van der Waals surface area contributed by atoms with E-state index in [1.807, 2.05) is 0 Å². The molecular formula is C23H34O3. The van der Waals surface area contributed by atoms with Crippen molar-refractivity contribution in [3.05, 3.63) is 0 Å². The average molecular weight is 359 g/mol. The van der Waals surface area contributed by atoms with Gasteiger partial charge in [-0.05, 0) is 74.0 Å². The summed E-state index contributed by atoms with van der Waals surface area (Å²) in [5.74, 6) is 5.35. The van der Waals surface area contributed by atoms with Gasteiger partial charge in [-0.1, -0.05) is 19.8 Å². The molecule has 0 bridgehead atoms. The minimum Gasteiger partial charge on any atom is -0.377 e. The zero-order valence-corrected chi connectivity index (χ0v) is 16.4. The quantitative estimate of drug-likeness (QED) is 0.662. The fourth-order valence-corrected chi connectivity index (χ4v) is 8.21. The summed E-state index contributed by atoms with van der Waals surface area (Å²) in [5.41, 5.74) is -0.566. The maximum atomic E-state index is 11.1. The zero-order chi connectivity index (χ0) is 18.2. The van der Waals surface area contributed by atoms with E-state index >= 15 is 0 Å². The van der Waals surface area contributed by atoms with Gasteiger partial charge in [0, 0.05) is 18.3 Å². The van der Waals surface area contributed by atoms with E-state index in [0.717, 1.165) is 57.2 Å². The monoisotopic (exact) mass is 358 g/mol. The smallest absolute Gasteiger partial charge is 0.168 e. The molecule has 1 saturated heterocycles. The number of rotatable bonds is 0. The second kappa shape index (κ2) is 5.49. The van der Waals surface area contributed by atoms with Crippen LogP contribution in [0.1, 0.15) is 71.6 Å². The minimum absolute atomic E-state index is 0.0837. The number of terminal acetylenes is 1. The normalized spacial score (nSPS) is 55.0. The van der Waals surface area contributed by atoms with Crippen LogP contribution in [0.5, 0.6) is 0 Å². The summed E-state index contributed by atoms with van der Waals surface area (Å²) in [7, 11) is 0. The predicted octanol–water partition coefficient (Wildman–Crippen LogP) is 4.14. The van der Waals surface area contributed by atoms with Gasteiger partial charge in [-0.3, -0.25) is 0 Å². The van der Waals surface area contributed by atoms with Crippen LogP contribution in [0, 0.1) is 46.8 Å². The summed E-state index contributed by atoms with van der Waals surface area (Å²) >= 11 is 0. The lowest BCUT2D eigenvalue weighted by atomic mass is 9.44. The highest BCUT2D eigenvalue weighted by Gasteiger charge is 2.65. The highest BCUT2D eigenvalue weighted by Crippen LogP contribution is 2.69. The number of aliphatic hydroxyl groups is 1. The Balaban J connectivity index is 1.42. The van der Waals surface area contributed by atoms with E-state index in [9.17, 15) is 5.11 Å². The molecule has 5 aliphatic rings. The first kappa shape index (κ1) is 17.5. The highest BCUT2D eigenvalue weighted by atomic mass is 16.7. The van der Waals surface area contributed by atoms with Gasteiger partial charge in [-0.15, -0.1) is 6.42 Å². The van der Waals surface area contributed by atoms with Crippen LogP contribution in [0.3, 0.4) is 0 Å². The van der Waals surface area contributed by atoms with Crippen molar-refractivity contribution in [1.82, 2.24) is 0 Å². The molecule has 1 heterocycles. The van der Waals surface area contributed by atoms with Gasteiger partial charge in [-0.25, -0.2) is 0 Å². The molecule has 7 atom stereocenters. The zero-order valence-electron chi connectivity index (χ0n) is 16.4. The Bertz CT molecular complexity index is 632. The Labute approximate surface area is 158 Å². The lowest BCUT2D eigenvalue weighted by Gasteiger charge is -2.62. The van der Waals surface area contributed by atoms with Crippen LogP contribution in [-0.4, -0.2) is 29.7 Å². The van der Waals surface area contributed by atoms with E-state index in [-0.39, 0.29) is 11.2 Å².